The van der Waals surface area contributed by atoms with Crippen LogP contribution in [0.15, 0.2) is 35.6 Å². The van der Waals surface area contributed by atoms with Gasteiger partial charge in [-0.25, -0.2) is 9.66 Å². The molecule has 1 saturated carbocycles. The zero-order valence-corrected chi connectivity index (χ0v) is 12.2. The SMILES string of the molecule is Cc1cn(N=Cc2cccc(COCC3CC3)c2)c(N)n1. The topological polar surface area (TPSA) is 65.4 Å². The summed E-state index contributed by atoms with van der Waals surface area (Å²) in [6, 6.07) is 8.17. The molecule has 3 rings (SSSR count). The summed E-state index contributed by atoms with van der Waals surface area (Å²) in [5, 5.41) is 4.32. The van der Waals surface area contributed by atoms with E-state index in [1.165, 1.54) is 12.8 Å². The number of aryl methyl sites for hydroxylation is 1. The molecule has 0 aliphatic heterocycles. The normalized spacial score (nSPS) is 14.9. The van der Waals surface area contributed by atoms with Crippen LogP contribution in [0.2, 0.25) is 0 Å². The number of anilines is 1. The van der Waals surface area contributed by atoms with Crippen molar-refractivity contribution in [3.8, 4) is 0 Å². The third-order valence-electron chi connectivity index (χ3n) is 3.44. The number of nitrogen functional groups attached to an aromatic ring is 1. The fourth-order valence-electron chi connectivity index (χ4n) is 2.12. The Morgan fingerprint density at radius 2 is 2.33 bits per heavy atom. The molecule has 1 aliphatic rings. The van der Waals surface area contributed by atoms with Crippen molar-refractivity contribution in [3.05, 3.63) is 47.3 Å². The first-order valence-electron chi connectivity index (χ1n) is 7.23. The van der Waals surface area contributed by atoms with Gasteiger partial charge in [-0.15, -0.1) is 0 Å². The van der Waals surface area contributed by atoms with Crippen LogP contribution in [-0.4, -0.2) is 22.5 Å². The lowest BCUT2D eigenvalue weighted by Gasteiger charge is -2.04. The molecule has 0 atom stereocenters. The smallest absolute Gasteiger partial charge is 0.221 e. The molecule has 0 bridgehead atoms. The van der Waals surface area contributed by atoms with E-state index in [9.17, 15) is 0 Å². The molecule has 1 aromatic carbocycles. The van der Waals surface area contributed by atoms with Gasteiger partial charge in [0.15, 0.2) is 0 Å². The third kappa shape index (κ3) is 3.92. The van der Waals surface area contributed by atoms with Crippen LogP contribution in [-0.2, 0) is 11.3 Å². The van der Waals surface area contributed by atoms with E-state index in [-0.39, 0.29) is 0 Å². The van der Waals surface area contributed by atoms with Crippen molar-refractivity contribution in [2.24, 2.45) is 11.0 Å². The first-order chi connectivity index (χ1) is 10.2. The van der Waals surface area contributed by atoms with Crippen molar-refractivity contribution in [2.75, 3.05) is 12.3 Å². The molecule has 2 aromatic rings. The van der Waals surface area contributed by atoms with Gasteiger partial charge in [-0.1, -0.05) is 18.2 Å². The molecule has 110 valence electrons. The van der Waals surface area contributed by atoms with Crippen LogP contribution in [0.25, 0.3) is 0 Å². The molecule has 5 nitrogen and oxygen atoms in total. The first kappa shape index (κ1) is 13.8. The minimum absolute atomic E-state index is 0.396. The van der Waals surface area contributed by atoms with Crippen LogP contribution in [0.1, 0.15) is 29.7 Å². The minimum Gasteiger partial charge on any atom is -0.376 e. The van der Waals surface area contributed by atoms with Crippen molar-refractivity contribution in [2.45, 2.75) is 26.4 Å². The number of aromatic nitrogens is 2. The number of imidazole rings is 1. The lowest BCUT2D eigenvalue weighted by molar-refractivity contribution is 0.111. The minimum atomic E-state index is 0.396. The van der Waals surface area contributed by atoms with E-state index in [0.717, 1.165) is 29.3 Å². The summed E-state index contributed by atoms with van der Waals surface area (Å²) in [7, 11) is 0. The van der Waals surface area contributed by atoms with Crippen LogP contribution in [0.5, 0.6) is 0 Å². The Hall–Kier alpha value is -2.14. The van der Waals surface area contributed by atoms with Crippen molar-refractivity contribution in [3.63, 3.8) is 0 Å². The molecule has 1 fully saturated rings. The molecule has 0 spiro atoms. The number of rotatable bonds is 6. The van der Waals surface area contributed by atoms with Crippen molar-refractivity contribution >= 4 is 12.2 Å². The molecule has 2 N–H and O–H groups in total. The zero-order valence-electron chi connectivity index (χ0n) is 12.2. The van der Waals surface area contributed by atoms with Gasteiger partial charge in [0.2, 0.25) is 5.95 Å². The highest BCUT2D eigenvalue weighted by atomic mass is 16.5. The van der Waals surface area contributed by atoms with Crippen molar-refractivity contribution < 1.29 is 4.74 Å². The standard InChI is InChI=1S/C16H20N4O/c1-12-9-20(16(17)19-12)18-8-14-3-2-4-15(7-14)11-21-10-13-5-6-13/h2-4,7-9,13H,5-6,10-11H2,1H3,(H2,17,19). The number of ether oxygens (including phenoxy) is 1. The summed E-state index contributed by atoms with van der Waals surface area (Å²) >= 11 is 0. The first-order valence-corrected chi connectivity index (χ1v) is 7.23. The van der Waals surface area contributed by atoms with E-state index in [0.29, 0.717) is 12.6 Å². The van der Waals surface area contributed by atoms with Crippen molar-refractivity contribution in [1.29, 1.82) is 0 Å². The Morgan fingerprint density at radius 3 is 3.05 bits per heavy atom. The Kier molecular flexibility index (Phi) is 4.01. The van der Waals surface area contributed by atoms with E-state index < -0.39 is 0 Å². The van der Waals surface area contributed by atoms with Crippen LogP contribution in [0.3, 0.4) is 0 Å². The predicted molar refractivity (Wildman–Crippen MR) is 83.2 cm³/mol. The van der Waals surface area contributed by atoms with Gasteiger partial charge < -0.3 is 10.5 Å². The number of nitrogens with zero attached hydrogens (tertiary/aromatic N) is 3. The number of hydrogen-bond donors (Lipinski definition) is 1. The highest BCUT2D eigenvalue weighted by Crippen LogP contribution is 2.29. The molecule has 0 unspecified atom stereocenters. The average Bonchev–Trinajstić information content (AvgIpc) is 3.22. The second-order valence-electron chi connectivity index (χ2n) is 5.53. The molecule has 0 saturated heterocycles. The fraction of sp³-hybridized carbons (Fsp3) is 0.375. The van der Waals surface area contributed by atoms with Gasteiger partial charge in [0.05, 0.1) is 24.7 Å². The number of hydrogen-bond acceptors (Lipinski definition) is 4. The van der Waals surface area contributed by atoms with E-state index in [1.807, 2.05) is 19.1 Å². The summed E-state index contributed by atoms with van der Waals surface area (Å²) in [4.78, 5) is 4.11. The van der Waals surface area contributed by atoms with Gasteiger partial charge in [-0.3, -0.25) is 0 Å². The molecule has 0 radical (unpaired) electrons. The molecule has 0 amide bonds. The molecular weight excluding hydrogens is 264 g/mol. The van der Waals surface area contributed by atoms with E-state index >= 15 is 0 Å². The van der Waals surface area contributed by atoms with Gasteiger partial charge in [-0.05, 0) is 42.9 Å². The van der Waals surface area contributed by atoms with Crippen LogP contribution in [0, 0.1) is 12.8 Å². The van der Waals surface area contributed by atoms with Gasteiger partial charge >= 0.3 is 0 Å². The summed E-state index contributed by atoms with van der Waals surface area (Å²) < 4.78 is 7.28. The van der Waals surface area contributed by atoms with Crippen molar-refractivity contribution in [1.82, 2.24) is 9.66 Å². The predicted octanol–water partition coefficient (Wildman–Crippen LogP) is 2.58. The highest BCUT2D eigenvalue weighted by Gasteiger charge is 2.20. The Bertz CT molecular complexity index is 643. The monoisotopic (exact) mass is 284 g/mol. The summed E-state index contributed by atoms with van der Waals surface area (Å²) in [6.07, 6.45) is 6.22. The van der Waals surface area contributed by atoms with Gasteiger partial charge in [0, 0.05) is 6.61 Å². The van der Waals surface area contributed by atoms with E-state index in [4.69, 9.17) is 10.5 Å². The van der Waals surface area contributed by atoms with Gasteiger partial charge in [0.1, 0.15) is 0 Å². The number of nitrogens with two attached hydrogens (primary N) is 1. The maximum Gasteiger partial charge on any atom is 0.221 e. The number of benzene rings is 1. The Labute approximate surface area is 124 Å². The Morgan fingerprint density at radius 1 is 1.48 bits per heavy atom. The largest absolute Gasteiger partial charge is 0.376 e. The molecule has 1 aliphatic carbocycles. The maximum atomic E-state index is 5.75. The quantitative estimate of drug-likeness (QED) is 0.829. The molecule has 5 heteroatoms. The Balaban J connectivity index is 1.63. The fourth-order valence-corrected chi connectivity index (χ4v) is 2.12. The molecule has 1 aromatic heterocycles. The maximum absolute atomic E-state index is 5.75. The molecular formula is C16H20N4O. The third-order valence-corrected chi connectivity index (χ3v) is 3.44. The van der Waals surface area contributed by atoms with Crippen LogP contribution >= 0.6 is 0 Å². The van der Waals surface area contributed by atoms with E-state index in [1.54, 1.807) is 17.1 Å². The molecule has 1 heterocycles. The van der Waals surface area contributed by atoms with Crippen LogP contribution < -0.4 is 5.73 Å². The summed E-state index contributed by atoms with van der Waals surface area (Å²) in [6.45, 7) is 3.42. The molecule has 21 heavy (non-hydrogen) atoms. The second-order valence-corrected chi connectivity index (χ2v) is 5.53. The highest BCUT2D eigenvalue weighted by molar-refractivity contribution is 5.79. The van der Waals surface area contributed by atoms with Crippen LogP contribution in [0.4, 0.5) is 5.95 Å². The average molecular weight is 284 g/mol. The lowest BCUT2D eigenvalue weighted by Crippen LogP contribution is -1.99. The van der Waals surface area contributed by atoms with E-state index in [2.05, 4.69) is 22.2 Å². The summed E-state index contributed by atoms with van der Waals surface area (Å²) in [5.41, 5.74) is 8.79. The van der Waals surface area contributed by atoms with Gasteiger partial charge in [-0.2, -0.15) is 5.10 Å². The zero-order chi connectivity index (χ0) is 14.7. The second kappa shape index (κ2) is 6.10. The van der Waals surface area contributed by atoms with Gasteiger partial charge in [0.25, 0.3) is 0 Å². The lowest BCUT2D eigenvalue weighted by atomic mass is 10.1. The summed E-state index contributed by atoms with van der Waals surface area (Å²) in [5.74, 6) is 1.19.